The molecule has 2 atom stereocenters. The van der Waals surface area contributed by atoms with E-state index in [9.17, 15) is 9.90 Å². The molecule has 1 N–H and O–H groups in total. The van der Waals surface area contributed by atoms with Crippen molar-refractivity contribution in [1.82, 2.24) is 14.7 Å². The molecule has 7 heteroatoms. The molecular weight excluding hydrogens is 346 g/mol. The summed E-state index contributed by atoms with van der Waals surface area (Å²) in [6, 6.07) is 0. The van der Waals surface area contributed by atoms with Crippen LogP contribution < -0.4 is 0 Å². The number of piperazine rings is 1. The maximum atomic E-state index is 12.8. The molecule has 0 aromatic rings. The van der Waals surface area contributed by atoms with Gasteiger partial charge in [0.15, 0.2) is 0 Å². The summed E-state index contributed by atoms with van der Waals surface area (Å²) in [5.41, 5.74) is -1.14. The van der Waals surface area contributed by atoms with Crippen LogP contribution >= 0.6 is 0 Å². The summed E-state index contributed by atoms with van der Waals surface area (Å²) in [6.45, 7) is 7.73. The lowest BCUT2D eigenvalue weighted by atomic mass is 9.77. The Hall–Kier alpha value is -0.730. The first-order valence-corrected chi connectivity index (χ1v) is 10.6. The predicted octanol–water partition coefficient (Wildman–Crippen LogP) is 0.316. The Morgan fingerprint density at radius 3 is 2.63 bits per heavy atom. The second kappa shape index (κ2) is 7.95. The van der Waals surface area contributed by atoms with Gasteiger partial charge in [-0.2, -0.15) is 0 Å². The van der Waals surface area contributed by atoms with Crippen molar-refractivity contribution in [3.05, 3.63) is 0 Å². The number of hydrogen-bond donors (Lipinski definition) is 1. The van der Waals surface area contributed by atoms with Gasteiger partial charge in [-0.05, 0) is 39.2 Å². The summed E-state index contributed by atoms with van der Waals surface area (Å²) < 4.78 is 12.3. The van der Waals surface area contributed by atoms with Crippen molar-refractivity contribution in [2.24, 2.45) is 0 Å². The molecule has 3 heterocycles. The van der Waals surface area contributed by atoms with Crippen molar-refractivity contribution >= 4 is 5.91 Å². The molecule has 27 heavy (non-hydrogen) atoms. The topological polar surface area (TPSA) is 65.5 Å². The van der Waals surface area contributed by atoms with Crippen LogP contribution in [0.15, 0.2) is 0 Å². The highest BCUT2D eigenvalue weighted by atomic mass is 16.6. The quantitative estimate of drug-likeness (QED) is 0.756. The molecule has 0 bridgehead atoms. The Morgan fingerprint density at radius 2 is 1.93 bits per heavy atom. The third-order valence-corrected chi connectivity index (χ3v) is 6.86. The van der Waals surface area contributed by atoms with Crippen molar-refractivity contribution in [1.29, 1.82) is 0 Å². The summed E-state index contributed by atoms with van der Waals surface area (Å²) in [7, 11) is 2.17. The molecule has 2 unspecified atom stereocenters. The maximum absolute atomic E-state index is 12.8. The Labute approximate surface area is 162 Å². The Bertz CT molecular complexity index is 533. The molecule has 4 aliphatic rings. The van der Waals surface area contributed by atoms with Crippen LogP contribution in [0.1, 0.15) is 38.5 Å². The number of rotatable bonds is 4. The van der Waals surface area contributed by atoms with E-state index in [2.05, 4.69) is 16.8 Å². The number of likely N-dealkylation sites (N-methyl/N-ethyl adjacent to an activating group) is 1. The number of amides is 1. The van der Waals surface area contributed by atoms with Gasteiger partial charge in [-0.1, -0.05) is 0 Å². The average molecular weight is 382 g/mol. The van der Waals surface area contributed by atoms with E-state index in [0.29, 0.717) is 26.3 Å². The van der Waals surface area contributed by atoms with Crippen LogP contribution in [-0.2, 0) is 14.3 Å². The molecule has 0 aromatic carbocycles. The highest BCUT2D eigenvalue weighted by Gasteiger charge is 2.45. The highest BCUT2D eigenvalue weighted by molar-refractivity contribution is 5.77. The molecule has 3 aliphatic heterocycles. The van der Waals surface area contributed by atoms with Gasteiger partial charge < -0.3 is 24.4 Å². The molecule has 1 amide bonds. The van der Waals surface area contributed by atoms with Crippen molar-refractivity contribution in [3.8, 4) is 0 Å². The van der Waals surface area contributed by atoms with Crippen LogP contribution in [0, 0.1) is 0 Å². The van der Waals surface area contributed by atoms with E-state index in [4.69, 9.17) is 9.47 Å². The zero-order valence-corrected chi connectivity index (χ0v) is 16.7. The number of hydrogen-bond acceptors (Lipinski definition) is 6. The van der Waals surface area contributed by atoms with Crippen LogP contribution in [-0.4, -0.2) is 109 Å². The second-order valence-corrected chi connectivity index (χ2v) is 9.19. The largest absolute Gasteiger partial charge is 0.389 e. The fraction of sp³-hybridized carbons (Fsp3) is 0.950. The van der Waals surface area contributed by atoms with E-state index in [-0.39, 0.29) is 24.0 Å². The molecule has 4 rings (SSSR count). The monoisotopic (exact) mass is 381 g/mol. The van der Waals surface area contributed by atoms with Crippen LogP contribution in [0.4, 0.5) is 0 Å². The average Bonchev–Trinajstić information content (AvgIpc) is 2.87. The summed E-state index contributed by atoms with van der Waals surface area (Å²) in [6.07, 6.45) is 4.96. The van der Waals surface area contributed by atoms with Gasteiger partial charge in [-0.3, -0.25) is 9.69 Å². The number of aliphatic hydroxyl groups is 1. The standard InChI is InChI=1S/C20H35N3O4/c1-21-7-9-22(10-8-21)14-17-3-6-20(27-17)15-23(11-12-26-16-20)18(24)13-19(25)4-2-5-19/h17,25H,2-16H2,1H3. The molecule has 1 saturated carbocycles. The number of ether oxygens (including phenoxy) is 2. The summed E-state index contributed by atoms with van der Waals surface area (Å²) in [5.74, 6) is 0.0493. The molecule has 7 nitrogen and oxygen atoms in total. The second-order valence-electron chi connectivity index (χ2n) is 9.19. The number of carbonyl (C=O) groups is 1. The minimum absolute atomic E-state index is 0.0493. The van der Waals surface area contributed by atoms with Gasteiger partial charge in [-0.25, -0.2) is 0 Å². The Morgan fingerprint density at radius 1 is 1.15 bits per heavy atom. The first kappa shape index (κ1) is 19.6. The lowest BCUT2D eigenvalue weighted by Gasteiger charge is -2.39. The SMILES string of the molecule is CN1CCN(CC2CCC3(COCCN(C(=O)CC4(O)CCC4)C3)O2)CC1. The summed E-state index contributed by atoms with van der Waals surface area (Å²) >= 11 is 0. The van der Waals surface area contributed by atoms with E-state index >= 15 is 0 Å². The Balaban J connectivity index is 1.32. The normalized spacial score (nSPS) is 35.2. The summed E-state index contributed by atoms with van der Waals surface area (Å²) in [5, 5.41) is 10.4. The highest BCUT2D eigenvalue weighted by Crippen LogP contribution is 2.37. The molecule has 0 radical (unpaired) electrons. The molecule has 154 valence electrons. The number of nitrogens with zero attached hydrogens (tertiary/aromatic N) is 3. The molecular formula is C20H35N3O4. The predicted molar refractivity (Wildman–Crippen MR) is 102 cm³/mol. The Kier molecular flexibility index (Phi) is 5.77. The minimum atomic E-state index is -0.766. The molecule has 3 saturated heterocycles. The van der Waals surface area contributed by atoms with Gasteiger partial charge in [0.1, 0.15) is 5.60 Å². The fourth-order valence-electron chi connectivity index (χ4n) is 4.84. The van der Waals surface area contributed by atoms with Gasteiger partial charge in [0.05, 0.1) is 37.9 Å². The van der Waals surface area contributed by atoms with Gasteiger partial charge >= 0.3 is 0 Å². The van der Waals surface area contributed by atoms with Crippen molar-refractivity contribution in [2.75, 3.05) is 66.1 Å². The zero-order valence-electron chi connectivity index (χ0n) is 16.7. The van der Waals surface area contributed by atoms with Crippen LogP contribution in [0.2, 0.25) is 0 Å². The zero-order chi connectivity index (χ0) is 18.9. The summed E-state index contributed by atoms with van der Waals surface area (Å²) in [4.78, 5) is 19.5. The number of carbonyl (C=O) groups excluding carboxylic acids is 1. The van der Waals surface area contributed by atoms with Gasteiger partial charge in [-0.15, -0.1) is 0 Å². The minimum Gasteiger partial charge on any atom is -0.389 e. The lowest BCUT2D eigenvalue weighted by Crippen LogP contribution is -2.50. The molecule has 1 spiro atoms. The van der Waals surface area contributed by atoms with Crippen LogP contribution in [0.25, 0.3) is 0 Å². The molecule has 4 fully saturated rings. The van der Waals surface area contributed by atoms with E-state index in [1.165, 1.54) is 0 Å². The van der Waals surface area contributed by atoms with E-state index in [0.717, 1.165) is 64.8 Å². The molecule has 1 aliphatic carbocycles. The van der Waals surface area contributed by atoms with Crippen molar-refractivity contribution < 1.29 is 19.4 Å². The van der Waals surface area contributed by atoms with Gasteiger partial charge in [0, 0.05) is 39.3 Å². The van der Waals surface area contributed by atoms with Crippen LogP contribution in [0.3, 0.4) is 0 Å². The third-order valence-electron chi connectivity index (χ3n) is 6.86. The molecule has 0 aromatic heterocycles. The first-order chi connectivity index (χ1) is 13.0. The maximum Gasteiger partial charge on any atom is 0.225 e. The first-order valence-electron chi connectivity index (χ1n) is 10.6. The van der Waals surface area contributed by atoms with Gasteiger partial charge in [0.2, 0.25) is 5.91 Å². The van der Waals surface area contributed by atoms with Crippen LogP contribution in [0.5, 0.6) is 0 Å². The fourth-order valence-corrected chi connectivity index (χ4v) is 4.84. The van der Waals surface area contributed by atoms with E-state index < -0.39 is 5.60 Å². The van der Waals surface area contributed by atoms with Gasteiger partial charge in [0.25, 0.3) is 0 Å². The van der Waals surface area contributed by atoms with E-state index in [1.807, 2.05) is 4.90 Å². The smallest absolute Gasteiger partial charge is 0.225 e. The van der Waals surface area contributed by atoms with Crippen molar-refractivity contribution in [2.45, 2.75) is 55.8 Å². The third kappa shape index (κ3) is 4.65. The van der Waals surface area contributed by atoms with Crippen molar-refractivity contribution in [3.63, 3.8) is 0 Å². The lowest BCUT2D eigenvalue weighted by molar-refractivity contribution is -0.145. The van der Waals surface area contributed by atoms with E-state index in [1.54, 1.807) is 0 Å².